The minimum Gasteiger partial charge on any atom is -0.452 e. The Morgan fingerprint density at radius 3 is 2.82 bits per heavy atom. The molecule has 0 aliphatic rings. The molecule has 1 N–H and O–H groups in total. The SMILES string of the molecule is Cc1cc(CNC(=O)c2ccoc2Cl)sc1C. The molecule has 0 atom stereocenters. The van der Waals surface area contributed by atoms with E-state index in [2.05, 4.69) is 25.2 Å². The Labute approximate surface area is 108 Å². The molecule has 0 radical (unpaired) electrons. The molecule has 3 nitrogen and oxygen atoms in total. The average molecular weight is 270 g/mol. The highest BCUT2D eigenvalue weighted by atomic mass is 35.5. The zero-order chi connectivity index (χ0) is 12.4. The van der Waals surface area contributed by atoms with E-state index in [9.17, 15) is 4.79 Å². The maximum absolute atomic E-state index is 11.7. The van der Waals surface area contributed by atoms with Crippen LogP contribution in [0.5, 0.6) is 0 Å². The number of rotatable bonds is 3. The fourth-order valence-electron chi connectivity index (χ4n) is 1.46. The summed E-state index contributed by atoms with van der Waals surface area (Å²) in [7, 11) is 0. The molecule has 0 aliphatic heterocycles. The maximum atomic E-state index is 11.7. The van der Waals surface area contributed by atoms with Gasteiger partial charge in [-0.25, -0.2) is 0 Å². The van der Waals surface area contributed by atoms with Gasteiger partial charge in [0.25, 0.3) is 5.91 Å². The molecule has 17 heavy (non-hydrogen) atoms. The van der Waals surface area contributed by atoms with Crippen molar-refractivity contribution in [1.29, 1.82) is 0 Å². The van der Waals surface area contributed by atoms with Gasteiger partial charge in [-0.3, -0.25) is 4.79 Å². The van der Waals surface area contributed by atoms with Crippen molar-refractivity contribution in [2.24, 2.45) is 0 Å². The summed E-state index contributed by atoms with van der Waals surface area (Å²) in [5.41, 5.74) is 1.62. The van der Waals surface area contributed by atoms with Gasteiger partial charge in [0.05, 0.1) is 18.4 Å². The number of furan rings is 1. The fraction of sp³-hybridized carbons (Fsp3) is 0.250. The molecule has 0 saturated heterocycles. The Kier molecular flexibility index (Phi) is 3.54. The van der Waals surface area contributed by atoms with Crippen molar-refractivity contribution in [2.45, 2.75) is 20.4 Å². The van der Waals surface area contributed by atoms with Crippen LogP contribution in [0.3, 0.4) is 0 Å². The fourth-order valence-corrected chi connectivity index (χ4v) is 2.65. The van der Waals surface area contributed by atoms with Crippen LogP contribution in [0, 0.1) is 13.8 Å². The van der Waals surface area contributed by atoms with E-state index in [-0.39, 0.29) is 11.1 Å². The number of aryl methyl sites for hydroxylation is 2. The van der Waals surface area contributed by atoms with Crippen LogP contribution < -0.4 is 5.32 Å². The van der Waals surface area contributed by atoms with Crippen molar-refractivity contribution in [3.05, 3.63) is 44.5 Å². The highest BCUT2D eigenvalue weighted by Crippen LogP contribution is 2.21. The summed E-state index contributed by atoms with van der Waals surface area (Å²) < 4.78 is 4.87. The van der Waals surface area contributed by atoms with Gasteiger partial charge < -0.3 is 9.73 Å². The van der Waals surface area contributed by atoms with E-state index < -0.39 is 0 Å². The van der Waals surface area contributed by atoms with Crippen LogP contribution in [0.1, 0.15) is 25.7 Å². The first kappa shape index (κ1) is 12.2. The van der Waals surface area contributed by atoms with Gasteiger partial charge in [-0.15, -0.1) is 11.3 Å². The van der Waals surface area contributed by atoms with Crippen molar-refractivity contribution in [2.75, 3.05) is 0 Å². The topological polar surface area (TPSA) is 42.2 Å². The molecule has 1 amide bonds. The van der Waals surface area contributed by atoms with Crippen molar-refractivity contribution in [3.8, 4) is 0 Å². The summed E-state index contributed by atoms with van der Waals surface area (Å²) in [5.74, 6) is -0.215. The Hall–Kier alpha value is -1.26. The third kappa shape index (κ3) is 2.70. The Morgan fingerprint density at radius 1 is 1.53 bits per heavy atom. The minimum atomic E-state index is -0.215. The smallest absolute Gasteiger partial charge is 0.256 e. The molecule has 0 fully saturated rings. The molecular weight excluding hydrogens is 258 g/mol. The molecule has 0 spiro atoms. The zero-order valence-electron chi connectivity index (χ0n) is 9.54. The number of amides is 1. The maximum Gasteiger partial charge on any atom is 0.256 e. The van der Waals surface area contributed by atoms with Crippen molar-refractivity contribution >= 4 is 28.8 Å². The van der Waals surface area contributed by atoms with E-state index in [4.69, 9.17) is 16.0 Å². The molecule has 90 valence electrons. The van der Waals surface area contributed by atoms with Crippen molar-refractivity contribution < 1.29 is 9.21 Å². The Morgan fingerprint density at radius 2 is 2.29 bits per heavy atom. The molecule has 0 bridgehead atoms. The Bertz CT molecular complexity index is 525. The van der Waals surface area contributed by atoms with Gasteiger partial charge in [0.1, 0.15) is 0 Å². The van der Waals surface area contributed by atoms with Crippen LogP contribution in [-0.2, 0) is 6.54 Å². The number of carbonyl (C=O) groups excluding carboxylic acids is 1. The first-order valence-electron chi connectivity index (χ1n) is 5.15. The molecule has 2 heterocycles. The molecule has 5 heteroatoms. The summed E-state index contributed by atoms with van der Waals surface area (Å²) in [4.78, 5) is 14.1. The third-order valence-electron chi connectivity index (χ3n) is 2.50. The van der Waals surface area contributed by atoms with Crippen LogP contribution in [-0.4, -0.2) is 5.91 Å². The van der Waals surface area contributed by atoms with Crippen LogP contribution in [0.4, 0.5) is 0 Å². The van der Waals surface area contributed by atoms with Gasteiger partial charge in [0, 0.05) is 9.75 Å². The van der Waals surface area contributed by atoms with E-state index in [1.807, 2.05) is 0 Å². The van der Waals surface area contributed by atoms with Gasteiger partial charge in [0.15, 0.2) is 0 Å². The van der Waals surface area contributed by atoms with Crippen LogP contribution in [0.25, 0.3) is 0 Å². The lowest BCUT2D eigenvalue weighted by Gasteiger charge is -2.01. The predicted octanol–water partition coefficient (Wildman–Crippen LogP) is 3.54. The van der Waals surface area contributed by atoms with Crippen LogP contribution >= 0.6 is 22.9 Å². The van der Waals surface area contributed by atoms with Gasteiger partial charge in [-0.05, 0) is 43.1 Å². The van der Waals surface area contributed by atoms with Gasteiger partial charge in [0.2, 0.25) is 5.22 Å². The monoisotopic (exact) mass is 269 g/mol. The summed E-state index contributed by atoms with van der Waals surface area (Å²) in [6.45, 7) is 4.64. The number of halogens is 1. The zero-order valence-corrected chi connectivity index (χ0v) is 11.1. The summed E-state index contributed by atoms with van der Waals surface area (Å²) in [6, 6.07) is 3.64. The number of thiophene rings is 1. The van der Waals surface area contributed by atoms with E-state index >= 15 is 0 Å². The minimum absolute atomic E-state index is 0.126. The average Bonchev–Trinajstić information content (AvgIpc) is 2.83. The van der Waals surface area contributed by atoms with Gasteiger partial charge >= 0.3 is 0 Å². The molecular formula is C12H12ClNO2S. The second-order valence-electron chi connectivity index (χ2n) is 3.74. The van der Waals surface area contributed by atoms with Crippen molar-refractivity contribution in [3.63, 3.8) is 0 Å². The normalized spacial score (nSPS) is 10.5. The second kappa shape index (κ2) is 4.94. The molecule has 2 rings (SSSR count). The molecule has 0 aliphatic carbocycles. The van der Waals surface area contributed by atoms with E-state index in [1.54, 1.807) is 17.4 Å². The summed E-state index contributed by atoms with van der Waals surface area (Å²) >= 11 is 7.41. The van der Waals surface area contributed by atoms with Gasteiger partial charge in [-0.1, -0.05) is 0 Å². The lowest BCUT2D eigenvalue weighted by atomic mass is 10.3. The highest BCUT2D eigenvalue weighted by Gasteiger charge is 2.12. The highest BCUT2D eigenvalue weighted by molar-refractivity contribution is 7.12. The number of hydrogen-bond donors (Lipinski definition) is 1. The predicted molar refractivity (Wildman–Crippen MR) is 68.7 cm³/mol. The summed E-state index contributed by atoms with van der Waals surface area (Å²) in [6.07, 6.45) is 1.40. The van der Waals surface area contributed by atoms with Gasteiger partial charge in [-0.2, -0.15) is 0 Å². The molecule has 2 aromatic rings. The second-order valence-corrected chi connectivity index (χ2v) is 5.43. The molecule has 0 aromatic carbocycles. The first-order valence-corrected chi connectivity index (χ1v) is 6.34. The summed E-state index contributed by atoms with van der Waals surface area (Å²) in [5, 5.41) is 2.94. The number of hydrogen-bond acceptors (Lipinski definition) is 3. The van der Waals surface area contributed by atoms with E-state index in [1.165, 1.54) is 16.7 Å². The van der Waals surface area contributed by atoms with E-state index in [0.717, 1.165) is 4.88 Å². The quantitative estimate of drug-likeness (QED) is 0.926. The Balaban J connectivity index is 1.99. The van der Waals surface area contributed by atoms with Crippen LogP contribution in [0.2, 0.25) is 5.22 Å². The first-order chi connectivity index (χ1) is 8.08. The third-order valence-corrected chi connectivity index (χ3v) is 3.95. The molecule has 2 aromatic heterocycles. The number of carbonyl (C=O) groups is 1. The molecule has 0 saturated carbocycles. The lowest BCUT2D eigenvalue weighted by Crippen LogP contribution is -2.22. The molecule has 0 unspecified atom stereocenters. The van der Waals surface area contributed by atoms with E-state index in [0.29, 0.717) is 12.1 Å². The standard InChI is InChI=1S/C12H12ClNO2S/c1-7-5-9(17-8(7)2)6-14-12(15)10-3-4-16-11(10)13/h3-5H,6H2,1-2H3,(H,14,15). The number of nitrogens with one attached hydrogen (secondary N) is 1. The largest absolute Gasteiger partial charge is 0.452 e. The van der Waals surface area contributed by atoms with Crippen LogP contribution in [0.15, 0.2) is 22.8 Å². The van der Waals surface area contributed by atoms with Crippen molar-refractivity contribution in [1.82, 2.24) is 5.32 Å². The lowest BCUT2D eigenvalue weighted by molar-refractivity contribution is 0.0951.